The van der Waals surface area contributed by atoms with Gasteiger partial charge in [0.2, 0.25) is 0 Å². The molecule has 2 saturated carbocycles. The Morgan fingerprint density at radius 2 is 1.65 bits per heavy atom. The Hall–Kier alpha value is -2.20. The standard InChI is InChI=1S/C27H32F2O2/c1-3-13-31-27-12-9-21(17-26(27)29)20-8-11-24(25(28)16-20)22-6-5-19-15-23(30-4-2)10-7-18(19)14-22/h3,8-9,11-12,16-19,22-23H,1,4-7,10,13-15H2,2H3. The fraction of sp³-hybridized carbons (Fsp3) is 0.481. The average Bonchev–Trinajstić information content (AvgIpc) is 2.78. The van der Waals surface area contributed by atoms with Crippen molar-refractivity contribution in [1.82, 2.24) is 0 Å². The van der Waals surface area contributed by atoms with Crippen LogP contribution in [0, 0.1) is 23.5 Å². The van der Waals surface area contributed by atoms with Crippen LogP contribution in [0.25, 0.3) is 11.1 Å². The molecule has 2 nitrogen and oxygen atoms in total. The van der Waals surface area contributed by atoms with Crippen LogP contribution >= 0.6 is 0 Å². The number of hydrogen-bond donors (Lipinski definition) is 0. The number of benzene rings is 2. The average molecular weight is 427 g/mol. The summed E-state index contributed by atoms with van der Waals surface area (Å²) in [4.78, 5) is 0. The molecule has 0 spiro atoms. The van der Waals surface area contributed by atoms with E-state index in [4.69, 9.17) is 9.47 Å². The molecule has 2 aromatic carbocycles. The monoisotopic (exact) mass is 426 g/mol. The van der Waals surface area contributed by atoms with Gasteiger partial charge >= 0.3 is 0 Å². The van der Waals surface area contributed by atoms with Crippen molar-refractivity contribution >= 4 is 0 Å². The highest BCUT2D eigenvalue weighted by atomic mass is 19.1. The van der Waals surface area contributed by atoms with Crippen LogP contribution in [0.15, 0.2) is 49.1 Å². The molecule has 0 amide bonds. The van der Waals surface area contributed by atoms with Crippen molar-refractivity contribution in [3.63, 3.8) is 0 Å². The Bertz CT molecular complexity index is 910. The largest absolute Gasteiger partial charge is 0.486 e. The Balaban J connectivity index is 1.45. The number of rotatable bonds is 7. The summed E-state index contributed by atoms with van der Waals surface area (Å²) in [5.41, 5.74) is 2.13. The molecule has 0 heterocycles. The first kappa shape index (κ1) is 22.0. The number of hydrogen-bond acceptors (Lipinski definition) is 2. The lowest BCUT2D eigenvalue weighted by Crippen LogP contribution is -2.33. The summed E-state index contributed by atoms with van der Waals surface area (Å²) in [5.74, 6) is 1.20. The molecule has 31 heavy (non-hydrogen) atoms. The molecule has 0 aliphatic heterocycles. The van der Waals surface area contributed by atoms with Gasteiger partial charge in [0, 0.05) is 6.61 Å². The van der Waals surface area contributed by atoms with Crippen molar-refractivity contribution < 1.29 is 18.3 Å². The summed E-state index contributed by atoms with van der Waals surface area (Å²) >= 11 is 0. The fourth-order valence-electron chi connectivity index (χ4n) is 5.50. The second kappa shape index (κ2) is 9.95. The molecule has 4 atom stereocenters. The molecule has 4 rings (SSSR count). The van der Waals surface area contributed by atoms with Gasteiger partial charge in [-0.25, -0.2) is 8.78 Å². The maximum Gasteiger partial charge on any atom is 0.165 e. The molecule has 2 aromatic rings. The van der Waals surface area contributed by atoms with E-state index in [1.807, 2.05) is 12.1 Å². The second-order valence-corrected chi connectivity index (χ2v) is 8.90. The number of ether oxygens (including phenoxy) is 2. The van der Waals surface area contributed by atoms with E-state index < -0.39 is 5.82 Å². The van der Waals surface area contributed by atoms with Gasteiger partial charge < -0.3 is 9.47 Å². The van der Waals surface area contributed by atoms with E-state index in [1.54, 1.807) is 24.3 Å². The molecule has 0 bridgehead atoms. The quantitative estimate of drug-likeness (QED) is 0.433. The molecular weight excluding hydrogens is 394 g/mol. The smallest absolute Gasteiger partial charge is 0.165 e. The van der Waals surface area contributed by atoms with E-state index in [-0.39, 0.29) is 24.1 Å². The molecule has 0 radical (unpaired) electrons. The lowest BCUT2D eigenvalue weighted by Gasteiger charge is -2.42. The van der Waals surface area contributed by atoms with Crippen LogP contribution in [-0.4, -0.2) is 19.3 Å². The van der Waals surface area contributed by atoms with Crippen molar-refractivity contribution in [2.75, 3.05) is 13.2 Å². The van der Waals surface area contributed by atoms with Gasteiger partial charge in [-0.3, -0.25) is 0 Å². The van der Waals surface area contributed by atoms with Gasteiger partial charge in [-0.05, 0) is 98.1 Å². The van der Waals surface area contributed by atoms with Crippen molar-refractivity contribution in [2.45, 2.75) is 57.5 Å². The Labute approximate surface area is 184 Å². The van der Waals surface area contributed by atoms with Crippen molar-refractivity contribution in [3.05, 3.63) is 66.3 Å². The first-order valence-corrected chi connectivity index (χ1v) is 11.5. The summed E-state index contributed by atoms with van der Waals surface area (Å²) in [6.07, 6.45) is 8.69. The first-order chi connectivity index (χ1) is 15.1. The minimum atomic E-state index is -0.454. The topological polar surface area (TPSA) is 18.5 Å². The van der Waals surface area contributed by atoms with Gasteiger partial charge in [-0.15, -0.1) is 0 Å². The zero-order valence-corrected chi connectivity index (χ0v) is 18.3. The fourth-order valence-corrected chi connectivity index (χ4v) is 5.50. The van der Waals surface area contributed by atoms with Crippen LogP contribution < -0.4 is 4.74 Å². The molecule has 2 fully saturated rings. The van der Waals surface area contributed by atoms with Crippen LogP contribution in [0.1, 0.15) is 56.9 Å². The van der Waals surface area contributed by atoms with Crippen molar-refractivity contribution in [2.24, 2.45) is 11.8 Å². The van der Waals surface area contributed by atoms with E-state index in [1.165, 1.54) is 12.5 Å². The molecule has 2 aliphatic carbocycles. The first-order valence-electron chi connectivity index (χ1n) is 11.5. The predicted molar refractivity (Wildman–Crippen MR) is 120 cm³/mol. The van der Waals surface area contributed by atoms with Crippen molar-refractivity contribution in [3.8, 4) is 16.9 Å². The van der Waals surface area contributed by atoms with E-state index in [0.29, 0.717) is 29.1 Å². The molecule has 4 heteroatoms. The van der Waals surface area contributed by atoms with E-state index in [9.17, 15) is 4.39 Å². The zero-order valence-electron chi connectivity index (χ0n) is 18.3. The van der Waals surface area contributed by atoms with E-state index >= 15 is 4.39 Å². The summed E-state index contributed by atoms with van der Waals surface area (Å²) in [6.45, 7) is 6.66. The van der Waals surface area contributed by atoms with Gasteiger partial charge in [-0.2, -0.15) is 0 Å². The normalized spacial score (nSPS) is 25.6. The summed E-state index contributed by atoms with van der Waals surface area (Å²) in [5, 5.41) is 0. The molecule has 4 unspecified atom stereocenters. The van der Waals surface area contributed by atoms with Gasteiger partial charge in [0.25, 0.3) is 0 Å². The Kier molecular flexibility index (Phi) is 7.06. The molecule has 0 saturated heterocycles. The molecular formula is C27H32F2O2. The highest BCUT2D eigenvalue weighted by Crippen LogP contribution is 2.47. The predicted octanol–water partition coefficient (Wildman–Crippen LogP) is 7.29. The van der Waals surface area contributed by atoms with Crippen LogP contribution in [-0.2, 0) is 4.74 Å². The minimum Gasteiger partial charge on any atom is -0.486 e. The molecule has 2 aliphatic rings. The maximum atomic E-state index is 15.1. The van der Waals surface area contributed by atoms with Gasteiger partial charge in [0.1, 0.15) is 12.4 Å². The number of halogens is 2. The summed E-state index contributed by atoms with van der Waals surface area (Å²) < 4.78 is 40.5. The highest BCUT2D eigenvalue weighted by Gasteiger charge is 2.36. The summed E-state index contributed by atoms with van der Waals surface area (Å²) in [7, 11) is 0. The van der Waals surface area contributed by atoms with Crippen LogP contribution in [0.4, 0.5) is 8.78 Å². The molecule has 0 N–H and O–H groups in total. The number of fused-ring (bicyclic) bond motifs is 1. The third-order valence-electron chi connectivity index (χ3n) is 7.03. The zero-order chi connectivity index (χ0) is 21.8. The Morgan fingerprint density at radius 1 is 0.935 bits per heavy atom. The van der Waals surface area contributed by atoms with Crippen LogP contribution in [0.2, 0.25) is 0 Å². The molecule has 166 valence electrons. The minimum absolute atomic E-state index is 0.177. The third-order valence-corrected chi connectivity index (χ3v) is 7.03. The van der Waals surface area contributed by atoms with Gasteiger partial charge in [-0.1, -0.05) is 30.9 Å². The Morgan fingerprint density at radius 3 is 2.35 bits per heavy atom. The summed E-state index contributed by atoms with van der Waals surface area (Å²) in [6, 6.07) is 10.1. The van der Waals surface area contributed by atoms with E-state index in [0.717, 1.165) is 44.3 Å². The van der Waals surface area contributed by atoms with Crippen LogP contribution in [0.3, 0.4) is 0 Å². The lowest BCUT2D eigenvalue weighted by molar-refractivity contribution is -0.00968. The highest BCUT2D eigenvalue weighted by molar-refractivity contribution is 5.65. The van der Waals surface area contributed by atoms with E-state index in [2.05, 4.69) is 13.5 Å². The second-order valence-electron chi connectivity index (χ2n) is 8.90. The van der Waals surface area contributed by atoms with Crippen molar-refractivity contribution in [1.29, 1.82) is 0 Å². The third kappa shape index (κ3) is 5.01. The maximum absolute atomic E-state index is 15.1. The van der Waals surface area contributed by atoms with Crippen LogP contribution in [0.5, 0.6) is 5.75 Å². The lowest BCUT2D eigenvalue weighted by atomic mass is 9.65. The molecule has 0 aromatic heterocycles. The SMILES string of the molecule is C=CCOc1ccc(-c2ccc(C3CCC4CC(OCC)CCC4C3)c(F)c2)cc1F. The van der Waals surface area contributed by atoms with Gasteiger partial charge in [0.05, 0.1) is 6.10 Å². The van der Waals surface area contributed by atoms with Gasteiger partial charge in [0.15, 0.2) is 11.6 Å².